The molecule has 0 radical (unpaired) electrons. The van der Waals surface area contributed by atoms with Crippen molar-refractivity contribution in [1.29, 1.82) is 0 Å². The number of phenolic OH excluding ortho intramolecular Hbond substituents is 1. The van der Waals surface area contributed by atoms with Gasteiger partial charge in [-0.1, -0.05) is 19.9 Å². The number of aromatic hydroxyl groups is 1. The highest BCUT2D eigenvalue weighted by atomic mass is 19.1. The highest BCUT2D eigenvalue weighted by molar-refractivity contribution is 5.67. The molecule has 32 heavy (non-hydrogen) atoms. The molecule has 4 rings (SSSR count). The third kappa shape index (κ3) is 5.61. The van der Waals surface area contributed by atoms with E-state index in [9.17, 15) is 9.50 Å². The molecule has 1 aromatic heterocycles. The minimum atomic E-state index is -0.336. The average molecular weight is 445 g/mol. The Kier molecular flexibility index (Phi) is 8.15. The second-order valence-corrected chi connectivity index (χ2v) is 8.50. The molecule has 2 aromatic rings. The number of aromatic nitrogens is 1. The number of piperazine rings is 1. The number of halogens is 1. The van der Waals surface area contributed by atoms with Crippen molar-refractivity contribution in [3.05, 3.63) is 41.8 Å². The average Bonchev–Trinajstić information content (AvgIpc) is 2.78. The zero-order valence-electron chi connectivity index (χ0n) is 19.5. The highest BCUT2D eigenvalue weighted by Crippen LogP contribution is 2.28. The minimum absolute atomic E-state index is 0.0287. The van der Waals surface area contributed by atoms with Crippen LogP contribution in [0.2, 0.25) is 0 Å². The number of piperidine rings is 1. The molecule has 1 aromatic carbocycles. The molecule has 0 amide bonds. The maximum Gasteiger partial charge on any atom is 0.152 e. The van der Waals surface area contributed by atoms with E-state index in [-0.39, 0.29) is 11.6 Å². The summed E-state index contributed by atoms with van der Waals surface area (Å²) in [5, 5.41) is 9.39. The zero-order chi connectivity index (χ0) is 23.3. The number of nitrogens with zero attached hydrogens (tertiary/aromatic N) is 4. The molecule has 0 aliphatic carbocycles. The van der Waals surface area contributed by atoms with Crippen LogP contribution in [-0.2, 0) is 6.54 Å². The lowest BCUT2D eigenvalue weighted by Crippen LogP contribution is -2.57. The first-order valence-corrected chi connectivity index (χ1v) is 11.6. The predicted octanol–water partition coefficient (Wildman–Crippen LogP) is 3.29. The monoisotopic (exact) mass is 444 g/mol. The van der Waals surface area contributed by atoms with E-state index in [1.165, 1.54) is 6.07 Å². The normalized spacial score (nSPS) is 20.6. The van der Waals surface area contributed by atoms with Gasteiger partial charge in [0.25, 0.3) is 0 Å². The van der Waals surface area contributed by atoms with E-state index in [1.54, 1.807) is 24.4 Å². The number of pyridine rings is 1. The Labute approximate surface area is 190 Å². The lowest BCUT2D eigenvalue weighted by molar-refractivity contribution is 0.0687. The zero-order valence-corrected chi connectivity index (χ0v) is 19.5. The Hall–Kier alpha value is -2.58. The number of hydrogen-bond donors (Lipinski definition) is 3. The van der Waals surface area contributed by atoms with Gasteiger partial charge in [0.05, 0.1) is 17.6 Å². The van der Waals surface area contributed by atoms with Crippen LogP contribution in [0, 0.1) is 5.82 Å². The van der Waals surface area contributed by atoms with Gasteiger partial charge in [-0.2, -0.15) is 0 Å². The number of anilines is 3. The van der Waals surface area contributed by atoms with Crippen LogP contribution >= 0.6 is 0 Å². The Bertz CT molecular complexity index is 887. The number of hydrogen-bond acceptors (Lipinski definition) is 7. The fourth-order valence-corrected chi connectivity index (χ4v) is 4.78. The van der Waals surface area contributed by atoms with E-state index < -0.39 is 0 Å². The van der Waals surface area contributed by atoms with E-state index >= 15 is 0 Å². The van der Waals surface area contributed by atoms with Crippen LogP contribution in [0.15, 0.2) is 30.5 Å². The quantitative estimate of drug-likeness (QED) is 0.666. The standard InChI is InChI=1S/C22H31FN6O.C2H6/c1-15-13-28(22-21(25)10-17(24)12-26-22)8-9-29(15)18-4-6-27(7-5-18)14-16-2-3-19(30)11-20(16)23;1-2/h2-3,10-12,15,18,30H,4-9,13-14,24-25H2,1H3;1-2H3. The Morgan fingerprint density at radius 1 is 1.09 bits per heavy atom. The molecule has 1 atom stereocenters. The van der Waals surface area contributed by atoms with Crippen LogP contribution in [0.4, 0.5) is 21.6 Å². The van der Waals surface area contributed by atoms with Gasteiger partial charge in [0.15, 0.2) is 5.82 Å². The largest absolute Gasteiger partial charge is 0.508 e. The van der Waals surface area contributed by atoms with Crippen LogP contribution in [0.25, 0.3) is 0 Å². The SMILES string of the molecule is CC.CC1CN(c2ncc(N)cc2N)CCN1C1CCN(Cc2ccc(O)cc2F)CC1. The van der Waals surface area contributed by atoms with Gasteiger partial charge in [0.1, 0.15) is 11.6 Å². The summed E-state index contributed by atoms with van der Waals surface area (Å²) in [6, 6.07) is 7.13. The van der Waals surface area contributed by atoms with Gasteiger partial charge in [-0.15, -0.1) is 0 Å². The molecule has 0 spiro atoms. The summed E-state index contributed by atoms with van der Waals surface area (Å²) in [6.45, 7) is 11.5. The number of phenols is 1. The van der Waals surface area contributed by atoms with Crippen LogP contribution in [0.3, 0.4) is 0 Å². The molecule has 3 heterocycles. The van der Waals surface area contributed by atoms with E-state index in [1.807, 2.05) is 13.8 Å². The molecule has 2 saturated heterocycles. The van der Waals surface area contributed by atoms with E-state index in [4.69, 9.17) is 11.5 Å². The van der Waals surface area contributed by atoms with E-state index in [0.29, 0.717) is 35.6 Å². The van der Waals surface area contributed by atoms with Crippen LogP contribution in [0.1, 0.15) is 39.2 Å². The summed E-state index contributed by atoms with van der Waals surface area (Å²) in [6.07, 6.45) is 3.81. The van der Waals surface area contributed by atoms with Crippen molar-refractivity contribution in [1.82, 2.24) is 14.8 Å². The van der Waals surface area contributed by atoms with Crippen molar-refractivity contribution < 1.29 is 9.50 Å². The Balaban J connectivity index is 0.00000141. The van der Waals surface area contributed by atoms with Crippen molar-refractivity contribution in [3.8, 4) is 5.75 Å². The van der Waals surface area contributed by atoms with Crippen molar-refractivity contribution >= 4 is 17.2 Å². The maximum absolute atomic E-state index is 14.0. The van der Waals surface area contributed by atoms with Crippen LogP contribution in [-0.4, -0.2) is 64.7 Å². The lowest BCUT2D eigenvalue weighted by atomic mass is 9.99. The minimum Gasteiger partial charge on any atom is -0.508 e. The number of benzene rings is 1. The van der Waals surface area contributed by atoms with Gasteiger partial charge in [0.2, 0.25) is 0 Å². The first-order valence-electron chi connectivity index (χ1n) is 11.6. The second kappa shape index (κ2) is 10.8. The van der Waals surface area contributed by atoms with E-state index in [0.717, 1.165) is 51.4 Å². The smallest absolute Gasteiger partial charge is 0.152 e. The van der Waals surface area contributed by atoms with Crippen LogP contribution in [0.5, 0.6) is 5.75 Å². The van der Waals surface area contributed by atoms with Crippen LogP contribution < -0.4 is 16.4 Å². The molecule has 0 bridgehead atoms. The summed E-state index contributed by atoms with van der Waals surface area (Å²) in [5.74, 6) is 0.456. The Morgan fingerprint density at radius 3 is 2.44 bits per heavy atom. The van der Waals surface area contributed by atoms with Gasteiger partial charge in [-0.05, 0) is 45.0 Å². The van der Waals surface area contributed by atoms with Gasteiger partial charge in [-0.25, -0.2) is 9.37 Å². The van der Waals surface area contributed by atoms with Gasteiger partial charge >= 0.3 is 0 Å². The summed E-state index contributed by atoms with van der Waals surface area (Å²) in [5.41, 5.74) is 13.8. The predicted molar refractivity (Wildman–Crippen MR) is 129 cm³/mol. The molecule has 176 valence electrons. The summed E-state index contributed by atoms with van der Waals surface area (Å²) in [7, 11) is 0. The molecule has 2 aliphatic rings. The molecular formula is C24H37FN6O. The second-order valence-electron chi connectivity index (χ2n) is 8.50. The van der Waals surface area contributed by atoms with Crippen molar-refractivity contribution in [2.24, 2.45) is 0 Å². The first-order chi connectivity index (χ1) is 15.4. The number of rotatable bonds is 4. The number of nitrogens with two attached hydrogens (primary N) is 2. The molecular weight excluding hydrogens is 407 g/mol. The third-order valence-electron chi connectivity index (χ3n) is 6.35. The highest BCUT2D eigenvalue weighted by Gasteiger charge is 2.32. The Morgan fingerprint density at radius 2 is 1.81 bits per heavy atom. The first kappa shape index (κ1) is 24.1. The van der Waals surface area contributed by atoms with E-state index in [2.05, 4.69) is 26.6 Å². The van der Waals surface area contributed by atoms with Crippen molar-refractivity contribution in [3.63, 3.8) is 0 Å². The molecule has 2 fully saturated rings. The number of likely N-dealkylation sites (tertiary alicyclic amines) is 1. The number of nitrogen functional groups attached to an aromatic ring is 2. The van der Waals surface area contributed by atoms with Crippen molar-refractivity contribution in [2.75, 3.05) is 49.1 Å². The topological polar surface area (TPSA) is 94.9 Å². The summed E-state index contributed by atoms with van der Waals surface area (Å²) < 4.78 is 14.0. The fraction of sp³-hybridized carbons (Fsp3) is 0.542. The summed E-state index contributed by atoms with van der Waals surface area (Å²) in [4.78, 5) is 11.6. The maximum atomic E-state index is 14.0. The van der Waals surface area contributed by atoms with Gasteiger partial charge < -0.3 is 21.5 Å². The lowest BCUT2D eigenvalue weighted by Gasteiger charge is -2.47. The third-order valence-corrected chi connectivity index (χ3v) is 6.35. The molecule has 5 N–H and O–H groups in total. The summed E-state index contributed by atoms with van der Waals surface area (Å²) >= 11 is 0. The molecule has 8 heteroatoms. The molecule has 7 nitrogen and oxygen atoms in total. The molecule has 0 saturated carbocycles. The molecule has 1 unspecified atom stereocenters. The molecule has 2 aliphatic heterocycles. The van der Waals surface area contributed by atoms with Gasteiger partial charge in [0, 0.05) is 49.9 Å². The van der Waals surface area contributed by atoms with Crippen molar-refractivity contribution in [2.45, 2.75) is 52.2 Å². The fourth-order valence-electron chi connectivity index (χ4n) is 4.78. The van der Waals surface area contributed by atoms with Gasteiger partial charge in [-0.3, -0.25) is 9.80 Å².